The normalized spacial score (nSPS) is 22.1. The summed E-state index contributed by atoms with van der Waals surface area (Å²) in [5.41, 5.74) is 0. The molecule has 8 heavy (non-hydrogen) atoms. The number of hydrogen-bond acceptors (Lipinski definition) is 1. The van der Waals surface area contributed by atoms with Crippen molar-refractivity contribution in [2.24, 2.45) is 0 Å². The van der Waals surface area contributed by atoms with Crippen molar-refractivity contribution in [1.29, 1.82) is 0 Å². The summed E-state index contributed by atoms with van der Waals surface area (Å²) in [6.45, 7) is 0. The number of rotatable bonds is 0. The summed E-state index contributed by atoms with van der Waals surface area (Å²) in [4.78, 5) is 0. The maximum atomic E-state index is 5.09. The molecule has 0 N–H and O–H groups in total. The number of hydrogen-bond donors (Lipinski definition) is 0. The van der Waals surface area contributed by atoms with Gasteiger partial charge in [0, 0.05) is 0 Å². The van der Waals surface area contributed by atoms with Gasteiger partial charge in [-0.3, -0.25) is 0 Å². The van der Waals surface area contributed by atoms with Crippen molar-refractivity contribution in [3.8, 4) is 0 Å². The molecule has 0 aromatic heterocycles. The van der Waals surface area contributed by atoms with Gasteiger partial charge < -0.3 is 12.6 Å². The van der Waals surface area contributed by atoms with Crippen LogP contribution in [0.1, 0.15) is 32.1 Å². The van der Waals surface area contributed by atoms with Gasteiger partial charge in [-0.25, -0.2) is 0 Å². The molecule has 2 heteroatoms. The second kappa shape index (κ2) is 4.92. The molecular weight excluding hydrogens is 301 g/mol. The minimum absolute atomic E-state index is 0. The second-order valence-electron chi connectivity index (χ2n) is 2.26. The van der Waals surface area contributed by atoms with E-state index < -0.39 is 0 Å². The van der Waals surface area contributed by atoms with Crippen molar-refractivity contribution in [1.82, 2.24) is 0 Å². The van der Waals surface area contributed by atoms with Gasteiger partial charge in [0.2, 0.25) is 0 Å². The molecule has 0 bridgehead atoms. The molecule has 52 valence electrons. The Morgan fingerprint density at radius 1 is 1.00 bits per heavy atom. The average Bonchev–Trinajstić information content (AvgIpc) is 1.69. The van der Waals surface area contributed by atoms with Gasteiger partial charge >= 0.3 is 22.4 Å². The molecule has 0 heterocycles. The smallest absolute Gasteiger partial charge is 0.789 e. The zero-order valence-electron chi connectivity index (χ0n) is 4.82. The molecule has 0 aliphatic heterocycles. The van der Waals surface area contributed by atoms with Crippen LogP contribution in [0.5, 0.6) is 0 Å². The molecule has 0 atom stereocenters. The van der Waals surface area contributed by atoms with E-state index in [4.69, 9.17) is 12.6 Å². The zero-order chi connectivity index (χ0) is 5.11. The third-order valence-electron chi connectivity index (χ3n) is 1.55. The fraction of sp³-hybridized carbons (Fsp3) is 1.00. The van der Waals surface area contributed by atoms with Crippen LogP contribution in [-0.2, 0) is 35.0 Å². The molecule has 0 aromatic carbocycles. The minimum Gasteiger partial charge on any atom is -0.789 e. The van der Waals surface area contributed by atoms with Crippen molar-refractivity contribution < 1.29 is 22.4 Å². The van der Waals surface area contributed by atoms with Gasteiger partial charge in [0.25, 0.3) is 0 Å². The van der Waals surface area contributed by atoms with Crippen LogP contribution in [0.4, 0.5) is 0 Å². The Kier molecular flexibility index (Phi) is 5.59. The van der Waals surface area contributed by atoms with Crippen molar-refractivity contribution in [2.75, 3.05) is 0 Å². The fourth-order valence-corrected chi connectivity index (χ4v) is 1.40. The van der Waals surface area contributed by atoms with Crippen LogP contribution in [0.3, 0.4) is 0 Å². The van der Waals surface area contributed by atoms with E-state index in [9.17, 15) is 0 Å². The van der Waals surface area contributed by atoms with Crippen molar-refractivity contribution >= 4 is 12.6 Å². The van der Waals surface area contributed by atoms with Crippen LogP contribution in [0.15, 0.2) is 0 Å². The summed E-state index contributed by atoms with van der Waals surface area (Å²) in [5, 5.41) is 0.619. The van der Waals surface area contributed by atoms with E-state index in [0.717, 1.165) is 0 Å². The van der Waals surface area contributed by atoms with Crippen LogP contribution in [0.2, 0.25) is 0 Å². The van der Waals surface area contributed by atoms with E-state index in [1.807, 2.05) is 0 Å². The van der Waals surface area contributed by atoms with Gasteiger partial charge in [0.1, 0.15) is 0 Å². The predicted octanol–water partition coefficient (Wildman–Crippen LogP) is 1.86. The van der Waals surface area contributed by atoms with Crippen LogP contribution in [0.25, 0.3) is 0 Å². The van der Waals surface area contributed by atoms with E-state index in [-0.39, 0.29) is 22.4 Å². The molecule has 0 radical (unpaired) electrons. The van der Waals surface area contributed by atoms with E-state index in [1.54, 1.807) is 0 Å². The van der Waals surface area contributed by atoms with Gasteiger partial charge in [0.15, 0.2) is 0 Å². The Hall–Kier alpha value is 1.09. The average molecular weight is 312 g/mol. The molecule has 0 aromatic rings. The Morgan fingerprint density at radius 2 is 1.50 bits per heavy atom. The first-order valence-electron chi connectivity index (χ1n) is 3.05. The molecule has 1 fully saturated rings. The van der Waals surface area contributed by atoms with Gasteiger partial charge in [0.05, 0.1) is 0 Å². The van der Waals surface area contributed by atoms with Gasteiger partial charge in [-0.05, 0) is 0 Å². The molecule has 0 amide bonds. The van der Waals surface area contributed by atoms with E-state index in [1.165, 1.54) is 32.1 Å². The third kappa shape index (κ3) is 3.18. The standard InChI is InChI=1S/C6H12S.Au/c7-6-4-2-1-3-5-6;/h6-7H,1-5H2;/q;+1/p-1. The molecule has 1 rings (SSSR count). The Morgan fingerprint density at radius 3 is 1.75 bits per heavy atom. The summed E-state index contributed by atoms with van der Waals surface area (Å²) in [7, 11) is 0. The Labute approximate surface area is 72.3 Å². The molecule has 0 nitrogen and oxygen atoms in total. The van der Waals surface area contributed by atoms with E-state index in [2.05, 4.69) is 0 Å². The SMILES string of the molecule is [Au+].[S-]C1CCCCC1. The molecule has 1 saturated carbocycles. The summed E-state index contributed by atoms with van der Waals surface area (Å²) >= 11 is 5.09. The summed E-state index contributed by atoms with van der Waals surface area (Å²) in [5.74, 6) is 0. The fourth-order valence-electron chi connectivity index (χ4n) is 1.07. The molecule has 1 aliphatic carbocycles. The topological polar surface area (TPSA) is 0 Å². The summed E-state index contributed by atoms with van der Waals surface area (Å²) in [6, 6.07) is 0. The quantitative estimate of drug-likeness (QED) is 0.486. The molecule has 0 spiro atoms. The first-order valence-corrected chi connectivity index (χ1v) is 3.52. The second-order valence-corrected chi connectivity index (χ2v) is 2.93. The Bertz CT molecular complexity index is 50.5. The molecule has 0 saturated heterocycles. The van der Waals surface area contributed by atoms with Gasteiger partial charge in [-0.15, -0.1) is 0 Å². The van der Waals surface area contributed by atoms with E-state index >= 15 is 0 Å². The molecule has 0 unspecified atom stereocenters. The van der Waals surface area contributed by atoms with Crippen molar-refractivity contribution in [3.05, 3.63) is 0 Å². The van der Waals surface area contributed by atoms with Gasteiger partial charge in [-0.2, -0.15) is 5.25 Å². The zero-order valence-corrected chi connectivity index (χ0v) is 7.81. The van der Waals surface area contributed by atoms with Crippen LogP contribution < -0.4 is 0 Å². The largest absolute Gasteiger partial charge is 1.00 e. The first-order chi connectivity index (χ1) is 3.39. The van der Waals surface area contributed by atoms with Crippen LogP contribution >= 0.6 is 0 Å². The summed E-state index contributed by atoms with van der Waals surface area (Å²) < 4.78 is 0. The van der Waals surface area contributed by atoms with Crippen LogP contribution in [-0.4, -0.2) is 5.25 Å². The van der Waals surface area contributed by atoms with Crippen molar-refractivity contribution in [2.45, 2.75) is 37.4 Å². The maximum Gasteiger partial charge on any atom is 1.00 e. The molecular formula is C6H11AuS. The summed E-state index contributed by atoms with van der Waals surface area (Å²) in [6.07, 6.45) is 6.79. The maximum absolute atomic E-state index is 5.09. The Balaban J connectivity index is 0.000000490. The predicted molar refractivity (Wildman–Crippen MR) is 34.2 cm³/mol. The first kappa shape index (κ1) is 9.09. The minimum atomic E-state index is 0. The van der Waals surface area contributed by atoms with Crippen LogP contribution in [0, 0.1) is 0 Å². The van der Waals surface area contributed by atoms with Gasteiger partial charge in [-0.1, -0.05) is 32.1 Å². The van der Waals surface area contributed by atoms with E-state index in [0.29, 0.717) is 5.25 Å². The molecule has 1 aliphatic rings. The third-order valence-corrected chi connectivity index (χ3v) is 2.02. The monoisotopic (exact) mass is 312 g/mol. The van der Waals surface area contributed by atoms with Crippen molar-refractivity contribution in [3.63, 3.8) is 0 Å².